The van der Waals surface area contributed by atoms with Crippen LogP contribution in [0.4, 0.5) is 5.82 Å². The molecule has 2 aromatic carbocycles. The number of thiophene rings is 1. The van der Waals surface area contributed by atoms with E-state index in [0.717, 1.165) is 23.3 Å². The largest absolute Gasteiger partial charge is 0.493 e. The molecule has 2 heterocycles. The number of methoxy groups -OCH3 is 2. The van der Waals surface area contributed by atoms with Crippen LogP contribution in [0.5, 0.6) is 11.5 Å². The van der Waals surface area contributed by atoms with Crippen molar-refractivity contribution in [3.8, 4) is 22.6 Å². The van der Waals surface area contributed by atoms with Crippen molar-refractivity contribution in [1.82, 2.24) is 15.3 Å². The monoisotopic (exact) mass is 448 g/mol. The summed E-state index contributed by atoms with van der Waals surface area (Å²) in [5, 5.41) is 9.96. The van der Waals surface area contributed by atoms with Gasteiger partial charge in [0, 0.05) is 22.9 Å². The zero-order valence-electron chi connectivity index (χ0n) is 19.0. The van der Waals surface area contributed by atoms with Gasteiger partial charge in [0.15, 0.2) is 11.5 Å². The molecule has 2 aromatic heterocycles. The fourth-order valence-corrected chi connectivity index (χ4v) is 4.74. The molecule has 0 radical (unpaired) electrons. The van der Waals surface area contributed by atoms with Gasteiger partial charge in [-0.1, -0.05) is 24.3 Å². The normalized spacial score (nSPS) is 12.0. The fourth-order valence-electron chi connectivity index (χ4n) is 3.83. The number of nitrogens with zero attached hydrogens (tertiary/aromatic N) is 2. The molecule has 7 heteroatoms. The van der Waals surface area contributed by atoms with E-state index in [1.54, 1.807) is 25.6 Å². The summed E-state index contributed by atoms with van der Waals surface area (Å²) in [6.45, 7) is 4.89. The van der Waals surface area contributed by atoms with Gasteiger partial charge in [-0.05, 0) is 55.1 Å². The lowest BCUT2D eigenvalue weighted by molar-refractivity contribution is 0.356. The third-order valence-corrected chi connectivity index (χ3v) is 6.52. The molecule has 1 atom stereocenters. The third kappa shape index (κ3) is 4.40. The second-order valence-corrected chi connectivity index (χ2v) is 8.58. The summed E-state index contributed by atoms with van der Waals surface area (Å²) in [5.74, 6) is 2.79. The lowest BCUT2D eigenvalue weighted by Gasteiger charge is -2.16. The van der Waals surface area contributed by atoms with E-state index in [-0.39, 0.29) is 6.04 Å². The molecule has 0 aliphatic carbocycles. The molecular formula is C25H28N4O2S. The minimum Gasteiger partial charge on any atom is -0.493 e. The number of aromatic nitrogens is 2. The highest BCUT2D eigenvalue weighted by atomic mass is 32.1. The van der Waals surface area contributed by atoms with Gasteiger partial charge < -0.3 is 20.1 Å². The van der Waals surface area contributed by atoms with Crippen LogP contribution in [0.2, 0.25) is 0 Å². The summed E-state index contributed by atoms with van der Waals surface area (Å²) in [4.78, 5) is 10.5. The number of benzene rings is 2. The molecule has 32 heavy (non-hydrogen) atoms. The summed E-state index contributed by atoms with van der Waals surface area (Å²) in [6.07, 6.45) is 0. The number of aryl methyl sites for hydroxylation is 1. The highest BCUT2D eigenvalue weighted by molar-refractivity contribution is 7.10. The summed E-state index contributed by atoms with van der Waals surface area (Å²) in [7, 11) is 5.23. The SMILES string of the molecule is CNCc1ccccc1-c1csc([C@@H](C)Nc2nc(C)nc3cc(OC)c(OC)cc23)c1. The predicted octanol–water partition coefficient (Wildman–Crippen LogP) is 5.58. The maximum absolute atomic E-state index is 5.49. The van der Waals surface area contributed by atoms with Crippen LogP contribution < -0.4 is 20.1 Å². The Bertz CT molecular complexity index is 1240. The van der Waals surface area contributed by atoms with E-state index in [2.05, 4.69) is 63.2 Å². The molecule has 0 aliphatic rings. The van der Waals surface area contributed by atoms with Crippen LogP contribution in [0, 0.1) is 6.92 Å². The van der Waals surface area contributed by atoms with Crippen molar-refractivity contribution >= 4 is 28.1 Å². The van der Waals surface area contributed by atoms with Gasteiger partial charge in [0.25, 0.3) is 0 Å². The van der Waals surface area contributed by atoms with Crippen molar-refractivity contribution in [2.75, 3.05) is 26.6 Å². The molecule has 0 saturated carbocycles. The first-order valence-electron chi connectivity index (χ1n) is 10.5. The molecule has 0 amide bonds. The first-order valence-corrected chi connectivity index (χ1v) is 11.4. The first-order chi connectivity index (χ1) is 15.5. The lowest BCUT2D eigenvalue weighted by Crippen LogP contribution is -2.08. The Morgan fingerprint density at radius 1 is 1.03 bits per heavy atom. The Hall–Kier alpha value is -3.16. The van der Waals surface area contributed by atoms with Gasteiger partial charge in [-0.25, -0.2) is 9.97 Å². The van der Waals surface area contributed by atoms with Gasteiger partial charge in [0.05, 0.1) is 25.8 Å². The van der Waals surface area contributed by atoms with Crippen molar-refractivity contribution in [2.24, 2.45) is 0 Å². The van der Waals surface area contributed by atoms with Crippen LogP contribution in [0.25, 0.3) is 22.0 Å². The van der Waals surface area contributed by atoms with Crippen molar-refractivity contribution in [3.05, 3.63) is 64.1 Å². The highest BCUT2D eigenvalue weighted by Crippen LogP contribution is 2.36. The van der Waals surface area contributed by atoms with Crippen molar-refractivity contribution in [1.29, 1.82) is 0 Å². The zero-order valence-corrected chi connectivity index (χ0v) is 19.8. The Balaban J connectivity index is 1.66. The predicted molar refractivity (Wildman–Crippen MR) is 132 cm³/mol. The van der Waals surface area contributed by atoms with E-state index in [0.29, 0.717) is 17.3 Å². The van der Waals surface area contributed by atoms with E-state index in [9.17, 15) is 0 Å². The fraction of sp³-hybridized carbons (Fsp3) is 0.280. The molecule has 4 rings (SSSR count). The molecule has 0 fully saturated rings. The van der Waals surface area contributed by atoms with Crippen LogP contribution in [0.1, 0.15) is 29.2 Å². The number of hydrogen-bond acceptors (Lipinski definition) is 7. The van der Waals surface area contributed by atoms with Crippen molar-refractivity contribution < 1.29 is 9.47 Å². The quantitative estimate of drug-likeness (QED) is 0.367. The molecule has 6 nitrogen and oxygen atoms in total. The molecule has 0 unspecified atom stereocenters. The molecule has 2 N–H and O–H groups in total. The molecule has 0 bridgehead atoms. The van der Waals surface area contributed by atoms with Gasteiger partial charge in [-0.3, -0.25) is 0 Å². The Kier molecular flexibility index (Phi) is 6.58. The van der Waals surface area contributed by atoms with E-state index in [1.165, 1.54) is 21.6 Å². The second-order valence-electron chi connectivity index (χ2n) is 7.64. The molecule has 4 aromatic rings. The average molecular weight is 449 g/mol. The number of rotatable bonds is 8. The topological polar surface area (TPSA) is 68.3 Å². The molecule has 0 saturated heterocycles. The minimum absolute atomic E-state index is 0.0795. The number of anilines is 1. The van der Waals surface area contributed by atoms with Gasteiger partial charge in [0.2, 0.25) is 0 Å². The van der Waals surface area contributed by atoms with Crippen molar-refractivity contribution in [3.63, 3.8) is 0 Å². The van der Waals surface area contributed by atoms with Gasteiger partial charge in [0.1, 0.15) is 11.6 Å². The molecule has 166 valence electrons. The van der Waals surface area contributed by atoms with Gasteiger partial charge >= 0.3 is 0 Å². The van der Waals surface area contributed by atoms with Crippen LogP contribution in [0.3, 0.4) is 0 Å². The summed E-state index contributed by atoms with van der Waals surface area (Å²) < 4.78 is 10.9. The van der Waals surface area contributed by atoms with Gasteiger partial charge in [-0.15, -0.1) is 11.3 Å². The second kappa shape index (κ2) is 9.54. The molecule has 0 aliphatic heterocycles. The maximum Gasteiger partial charge on any atom is 0.162 e. The van der Waals surface area contributed by atoms with Crippen LogP contribution >= 0.6 is 11.3 Å². The summed E-state index contributed by atoms with van der Waals surface area (Å²) in [5.41, 5.74) is 4.60. The summed E-state index contributed by atoms with van der Waals surface area (Å²) in [6, 6.07) is 14.7. The lowest BCUT2D eigenvalue weighted by atomic mass is 10.0. The molecule has 0 spiro atoms. The van der Waals surface area contributed by atoms with E-state index in [1.807, 2.05) is 26.1 Å². The Morgan fingerprint density at radius 2 is 1.78 bits per heavy atom. The van der Waals surface area contributed by atoms with Crippen LogP contribution in [-0.2, 0) is 6.54 Å². The van der Waals surface area contributed by atoms with Crippen LogP contribution in [-0.4, -0.2) is 31.2 Å². The van der Waals surface area contributed by atoms with Crippen LogP contribution in [0.15, 0.2) is 47.8 Å². The maximum atomic E-state index is 5.49. The average Bonchev–Trinajstić information content (AvgIpc) is 3.29. The number of ether oxygens (including phenoxy) is 2. The summed E-state index contributed by atoms with van der Waals surface area (Å²) >= 11 is 1.75. The van der Waals surface area contributed by atoms with Crippen molar-refractivity contribution in [2.45, 2.75) is 26.4 Å². The third-order valence-electron chi connectivity index (χ3n) is 5.41. The zero-order chi connectivity index (χ0) is 22.7. The molecular weight excluding hydrogens is 420 g/mol. The Morgan fingerprint density at radius 3 is 2.53 bits per heavy atom. The van der Waals surface area contributed by atoms with E-state index >= 15 is 0 Å². The number of nitrogens with one attached hydrogen (secondary N) is 2. The standard InChI is InChI=1S/C25H28N4O2S/c1-15(24-10-18(14-32-24)19-9-7-6-8-17(19)13-26-3)27-25-20-11-22(30-4)23(31-5)12-21(20)28-16(2)29-25/h6-12,14-15,26H,13H2,1-5H3,(H,27,28,29)/t15-/m1/s1. The smallest absolute Gasteiger partial charge is 0.162 e. The van der Waals surface area contributed by atoms with E-state index in [4.69, 9.17) is 9.47 Å². The number of hydrogen-bond donors (Lipinski definition) is 2. The number of fused-ring (bicyclic) bond motifs is 1. The van der Waals surface area contributed by atoms with Gasteiger partial charge in [-0.2, -0.15) is 0 Å². The minimum atomic E-state index is 0.0795. The Labute approximate surface area is 192 Å². The first kappa shape index (κ1) is 22.0. The highest BCUT2D eigenvalue weighted by Gasteiger charge is 2.16. The van der Waals surface area contributed by atoms with E-state index < -0.39 is 0 Å².